The third-order valence-corrected chi connectivity index (χ3v) is 4.74. The molecular formula is C19H24F3NO2. The van der Waals surface area contributed by atoms with Gasteiger partial charge >= 0.3 is 0 Å². The summed E-state index contributed by atoms with van der Waals surface area (Å²) in [5, 5.41) is 0. The van der Waals surface area contributed by atoms with E-state index in [4.69, 9.17) is 0 Å². The Morgan fingerprint density at radius 2 is 1.68 bits per heavy atom. The molecule has 1 amide bonds. The second-order valence-corrected chi connectivity index (χ2v) is 6.55. The van der Waals surface area contributed by atoms with Crippen molar-refractivity contribution < 1.29 is 22.8 Å². The molecule has 0 heterocycles. The second-order valence-electron chi connectivity index (χ2n) is 6.55. The number of hydrogen-bond donors (Lipinski definition) is 0. The fraction of sp³-hybridized carbons (Fsp3) is 0.579. The molecule has 3 nitrogen and oxygen atoms in total. The molecule has 1 aromatic rings. The number of benzene rings is 1. The number of rotatable bonds is 8. The van der Waals surface area contributed by atoms with Gasteiger partial charge in [-0.1, -0.05) is 25.7 Å². The van der Waals surface area contributed by atoms with Crippen LogP contribution in [-0.4, -0.2) is 29.7 Å². The van der Waals surface area contributed by atoms with Crippen LogP contribution in [0.25, 0.3) is 0 Å². The average Bonchev–Trinajstić information content (AvgIpc) is 2.61. The summed E-state index contributed by atoms with van der Waals surface area (Å²) in [6, 6.07) is 1.07. The van der Waals surface area contributed by atoms with Crippen molar-refractivity contribution in [1.29, 1.82) is 0 Å². The number of carbonyl (C=O) groups excluding carboxylic acids is 2. The lowest BCUT2D eigenvalue weighted by atomic mass is 9.93. The summed E-state index contributed by atoms with van der Waals surface area (Å²) in [6.45, 7) is 0.431. The number of halogens is 3. The molecule has 1 fully saturated rings. The Balaban J connectivity index is 2.13. The lowest BCUT2D eigenvalue weighted by molar-refractivity contribution is -0.107. The van der Waals surface area contributed by atoms with E-state index in [1.54, 1.807) is 4.90 Å². The minimum atomic E-state index is -1.30. The van der Waals surface area contributed by atoms with Crippen molar-refractivity contribution in [2.24, 2.45) is 0 Å². The predicted molar refractivity (Wildman–Crippen MR) is 88.8 cm³/mol. The molecule has 0 bridgehead atoms. The largest absolute Gasteiger partial charge is 0.336 e. The Kier molecular flexibility index (Phi) is 7.47. The molecule has 0 aromatic heterocycles. The Morgan fingerprint density at radius 1 is 1.00 bits per heavy atom. The molecule has 0 N–H and O–H groups in total. The first kappa shape index (κ1) is 19.5. The zero-order chi connectivity index (χ0) is 18.2. The van der Waals surface area contributed by atoms with Gasteiger partial charge in [0.1, 0.15) is 12.1 Å². The molecule has 0 aliphatic heterocycles. The van der Waals surface area contributed by atoms with Crippen LogP contribution in [-0.2, 0) is 4.79 Å². The van der Waals surface area contributed by atoms with Crippen LogP contribution in [0.4, 0.5) is 13.2 Å². The van der Waals surface area contributed by atoms with E-state index in [1.165, 1.54) is 0 Å². The molecule has 138 valence electrons. The normalized spacial score (nSPS) is 15.2. The number of amides is 1. The highest BCUT2D eigenvalue weighted by Gasteiger charge is 2.28. The summed E-state index contributed by atoms with van der Waals surface area (Å²) < 4.78 is 40.6. The van der Waals surface area contributed by atoms with E-state index < -0.39 is 28.9 Å². The van der Waals surface area contributed by atoms with E-state index in [0.29, 0.717) is 31.5 Å². The van der Waals surface area contributed by atoms with Gasteiger partial charge in [0.15, 0.2) is 11.6 Å². The Bertz CT molecular complexity index is 601. The number of unbranched alkanes of at least 4 members (excludes halogenated alkanes) is 3. The first-order valence-corrected chi connectivity index (χ1v) is 8.93. The van der Waals surface area contributed by atoms with E-state index in [9.17, 15) is 22.8 Å². The van der Waals surface area contributed by atoms with Crippen LogP contribution in [0, 0.1) is 17.5 Å². The van der Waals surface area contributed by atoms with Crippen molar-refractivity contribution in [3.05, 3.63) is 35.1 Å². The summed E-state index contributed by atoms with van der Waals surface area (Å²) in [6.07, 6.45) is 8.36. The van der Waals surface area contributed by atoms with Gasteiger partial charge in [-0.2, -0.15) is 0 Å². The summed E-state index contributed by atoms with van der Waals surface area (Å²) in [5.74, 6) is -4.14. The zero-order valence-corrected chi connectivity index (χ0v) is 14.3. The van der Waals surface area contributed by atoms with Crippen LogP contribution in [0.2, 0.25) is 0 Å². The van der Waals surface area contributed by atoms with Gasteiger partial charge < -0.3 is 9.69 Å². The van der Waals surface area contributed by atoms with Gasteiger partial charge in [-0.25, -0.2) is 13.2 Å². The molecule has 0 radical (unpaired) electrons. The predicted octanol–water partition coefficient (Wildman–Crippen LogP) is 4.64. The average molecular weight is 355 g/mol. The number of carbonyl (C=O) groups is 2. The van der Waals surface area contributed by atoms with Crippen molar-refractivity contribution in [1.82, 2.24) is 4.90 Å². The SMILES string of the molecule is O=CCCCCCN(C(=O)c1cc(F)c(F)cc1F)C1CCCCC1. The van der Waals surface area contributed by atoms with Gasteiger partial charge in [-0.15, -0.1) is 0 Å². The molecule has 6 heteroatoms. The number of aldehydes is 1. The van der Waals surface area contributed by atoms with Crippen molar-refractivity contribution in [3.63, 3.8) is 0 Å². The summed E-state index contributed by atoms with van der Waals surface area (Å²) >= 11 is 0. The Labute approximate surface area is 146 Å². The maximum Gasteiger partial charge on any atom is 0.257 e. The summed E-state index contributed by atoms with van der Waals surface area (Å²) in [5.41, 5.74) is -0.419. The van der Waals surface area contributed by atoms with Crippen molar-refractivity contribution in [2.75, 3.05) is 6.54 Å². The van der Waals surface area contributed by atoms with Gasteiger partial charge in [0, 0.05) is 25.1 Å². The minimum absolute atomic E-state index is 0.000153. The van der Waals surface area contributed by atoms with Gasteiger partial charge in [0.2, 0.25) is 0 Å². The standard InChI is InChI=1S/C19H24F3NO2/c20-16-13-18(22)17(21)12-15(16)19(25)23(10-6-1-2-7-11-24)14-8-4-3-5-9-14/h11-14H,1-10H2. The van der Waals surface area contributed by atoms with Crippen LogP contribution in [0.3, 0.4) is 0 Å². The highest BCUT2D eigenvalue weighted by Crippen LogP contribution is 2.26. The third-order valence-electron chi connectivity index (χ3n) is 4.74. The molecule has 0 spiro atoms. The Morgan fingerprint density at radius 3 is 2.36 bits per heavy atom. The van der Waals surface area contributed by atoms with E-state index in [2.05, 4.69) is 0 Å². The van der Waals surface area contributed by atoms with Gasteiger partial charge in [0.05, 0.1) is 5.56 Å². The van der Waals surface area contributed by atoms with Crippen LogP contribution >= 0.6 is 0 Å². The molecule has 2 rings (SSSR count). The molecular weight excluding hydrogens is 331 g/mol. The first-order valence-electron chi connectivity index (χ1n) is 8.93. The third kappa shape index (κ3) is 5.31. The Hall–Kier alpha value is -1.85. The molecule has 25 heavy (non-hydrogen) atoms. The highest BCUT2D eigenvalue weighted by molar-refractivity contribution is 5.94. The van der Waals surface area contributed by atoms with E-state index in [0.717, 1.165) is 51.2 Å². The quantitative estimate of drug-likeness (QED) is 0.387. The summed E-state index contributed by atoms with van der Waals surface area (Å²) in [7, 11) is 0. The lowest BCUT2D eigenvalue weighted by Crippen LogP contribution is -2.42. The second kappa shape index (κ2) is 9.59. The number of nitrogens with zero attached hydrogens (tertiary/aromatic N) is 1. The fourth-order valence-electron chi connectivity index (χ4n) is 3.37. The highest BCUT2D eigenvalue weighted by atomic mass is 19.2. The van der Waals surface area contributed by atoms with Crippen LogP contribution in [0.5, 0.6) is 0 Å². The lowest BCUT2D eigenvalue weighted by Gasteiger charge is -2.34. The van der Waals surface area contributed by atoms with E-state index in [-0.39, 0.29) is 6.04 Å². The van der Waals surface area contributed by atoms with Crippen molar-refractivity contribution >= 4 is 12.2 Å². The summed E-state index contributed by atoms with van der Waals surface area (Å²) in [4.78, 5) is 24.8. The molecule has 1 aliphatic rings. The first-order chi connectivity index (χ1) is 12.0. The fourth-order valence-corrected chi connectivity index (χ4v) is 3.37. The van der Waals surface area contributed by atoms with E-state index >= 15 is 0 Å². The van der Waals surface area contributed by atoms with Crippen molar-refractivity contribution in [3.8, 4) is 0 Å². The molecule has 0 atom stereocenters. The molecule has 1 aromatic carbocycles. The van der Waals surface area contributed by atoms with E-state index in [1.807, 2.05) is 0 Å². The van der Waals surface area contributed by atoms with Crippen molar-refractivity contribution in [2.45, 2.75) is 63.8 Å². The maximum absolute atomic E-state index is 14.0. The smallest absolute Gasteiger partial charge is 0.257 e. The monoisotopic (exact) mass is 355 g/mol. The van der Waals surface area contributed by atoms with Gasteiger partial charge in [-0.05, 0) is 31.7 Å². The molecule has 1 saturated carbocycles. The minimum Gasteiger partial charge on any atom is -0.336 e. The molecule has 0 unspecified atom stereocenters. The maximum atomic E-state index is 14.0. The van der Waals surface area contributed by atoms with Crippen LogP contribution < -0.4 is 0 Å². The topological polar surface area (TPSA) is 37.4 Å². The number of hydrogen-bond acceptors (Lipinski definition) is 2. The van der Waals surface area contributed by atoms with Crippen LogP contribution in [0.15, 0.2) is 12.1 Å². The zero-order valence-electron chi connectivity index (χ0n) is 14.3. The van der Waals surface area contributed by atoms with Crippen LogP contribution in [0.1, 0.15) is 68.1 Å². The van der Waals surface area contributed by atoms with Gasteiger partial charge in [-0.3, -0.25) is 4.79 Å². The molecule has 0 saturated heterocycles. The molecule has 1 aliphatic carbocycles. The van der Waals surface area contributed by atoms with Gasteiger partial charge in [0.25, 0.3) is 5.91 Å².